The predicted octanol–water partition coefficient (Wildman–Crippen LogP) is 3.11. The Hall–Kier alpha value is -1.59. The molecule has 3 rings (SSSR count). The van der Waals surface area contributed by atoms with Gasteiger partial charge in [0.25, 0.3) is 0 Å². The van der Waals surface area contributed by atoms with Gasteiger partial charge < -0.3 is 4.90 Å². The molecule has 0 amide bonds. The van der Waals surface area contributed by atoms with E-state index in [0.29, 0.717) is 17.9 Å². The maximum Gasteiger partial charge on any atom is 0.166 e. The molecule has 2 aliphatic heterocycles. The molecule has 0 N–H and O–H groups in total. The standard InChI is InChI=1S/C18H21NO/c1-3-13-7-9-14(10-8-13)18(20)15-11-16-5-4-6-17(12-15)19(16)2/h1,7-10,15-17H,4-6,11-12H2,2H3. The molecule has 2 bridgehead atoms. The van der Waals surface area contributed by atoms with Crippen LogP contribution in [0.2, 0.25) is 0 Å². The quantitative estimate of drug-likeness (QED) is 0.606. The number of hydrogen-bond acceptors (Lipinski definition) is 2. The van der Waals surface area contributed by atoms with Crippen molar-refractivity contribution in [2.75, 3.05) is 7.05 Å². The largest absolute Gasteiger partial charge is 0.300 e. The molecular weight excluding hydrogens is 246 g/mol. The number of nitrogens with zero attached hydrogens (tertiary/aromatic N) is 1. The molecule has 20 heavy (non-hydrogen) atoms. The summed E-state index contributed by atoms with van der Waals surface area (Å²) in [5.74, 6) is 3.09. The fraction of sp³-hybridized carbons (Fsp3) is 0.500. The van der Waals surface area contributed by atoms with Crippen LogP contribution in [0.1, 0.15) is 48.0 Å². The molecule has 2 saturated heterocycles. The lowest BCUT2D eigenvalue weighted by Crippen LogP contribution is -2.51. The molecule has 1 aromatic carbocycles. The van der Waals surface area contributed by atoms with E-state index in [1.54, 1.807) is 0 Å². The SMILES string of the molecule is C#Cc1ccc(C(=O)C2CC3CCCC(C2)N3C)cc1. The van der Waals surface area contributed by atoms with Crippen LogP contribution in [0.25, 0.3) is 0 Å². The Morgan fingerprint density at radius 3 is 2.35 bits per heavy atom. The number of hydrogen-bond donors (Lipinski definition) is 0. The fourth-order valence-corrected chi connectivity index (χ4v) is 3.80. The van der Waals surface area contributed by atoms with Gasteiger partial charge >= 0.3 is 0 Å². The van der Waals surface area contributed by atoms with Gasteiger partial charge in [-0.25, -0.2) is 0 Å². The van der Waals surface area contributed by atoms with E-state index in [9.17, 15) is 4.79 Å². The molecule has 0 radical (unpaired) electrons. The van der Waals surface area contributed by atoms with Gasteiger partial charge in [-0.05, 0) is 44.9 Å². The third kappa shape index (κ3) is 2.39. The van der Waals surface area contributed by atoms with Crippen molar-refractivity contribution >= 4 is 5.78 Å². The second-order valence-electron chi connectivity index (χ2n) is 6.16. The summed E-state index contributed by atoms with van der Waals surface area (Å²) in [7, 11) is 2.22. The predicted molar refractivity (Wildman–Crippen MR) is 80.6 cm³/mol. The molecule has 0 spiro atoms. The van der Waals surface area contributed by atoms with Crippen molar-refractivity contribution in [1.29, 1.82) is 0 Å². The number of ketones is 1. The Labute approximate surface area is 121 Å². The van der Waals surface area contributed by atoms with Crippen molar-refractivity contribution < 1.29 is 4.79 Å². The van der Waals surface area contributed by atoms with Gasteiger partial charge in [-0.15, -0.1) is 6.42 Å². The number of Topliss-reactive ketones (excluding diaryl/α,β-unsaturated/α-hetero) is 1. The molecule has 2 fully saturated rings. The molecule has 2 nitrogen and oxygen atoms in total. The topological polar surface area (TPSA) is 20.3 Å². The number of carbonyl (C=O) groups excluding carboxylic acids is 1. The van der Waals surface area contributed by atoms with Crippen molar-refractivity contribution in [2.24, 2.45) is 5.92 Å². The third-order valence-electron chi connectivity index (χ3n) is 5.05. The summed E-state index contributed by atoms with van der Waals surface area (Å²) >= 11 is 0. The van der Waals surface area contributed by atoms with E-state index in [4.69, 9.17) is 6.42 Å². The van der Waals surface area contributed by atoms with E-state index >= 15 is 0 Å². The van der Waals surface area contributed by atoms with Gasteiger partial charge in [0.2, 0.25) is 0 Å². The summed E-state index contributed by atoms with van der Waals surface area (Å²) in [5.41, 5.74) is 1.65. The first kappa shape index (κ1) is 13.4. The molecule has 2 heteroatoms. The second-order valence-corrected chi connectivity index (χ2v) is 6.16. The highest BCUT2D eigenvalue weighted by molar-refractivity contribution is 5.98. The minimum atomic E-state index is 0.193. The highest BCUT2D eigenvalue weighted by Crippen LogP contribution is 2.37. The van der Waals surface area contributed by atoms with E-state index in [2.05, 4.69) is 17.9 Å². The number of carbonyl (C=O) groups is 1. The zero-order chi connectivity index (χ0) is 14.1. The van der Waals surface area contributed by atoms with E-state index in [1.165, 1.54) is 19.3 Å². The maximum atomic E-state index is 12.7. The second kappa shape index (κ2) is 5.42. The molecule has 1 aromatic rings. The summed E-state index contributed by atoms with van der Waals surface area (Å²) in [6.07, 6.45) is 11.2. The summed E-state index contributed by atoms with van der Waals surface area (Å²) in [6, 6.07) is 8.69. The fourth-order valence-electron chi connectivity index (χ4n) is 3.80. The molecule has 0 aromatic heterocycles. The van der Waals surface area contributed by atoms with Crippen molar-refractivity contribution in [3.05, 3.63) is 35.4 Å². The van der Waals surface area contributed by atoms with E-state index in [-0.39, 0.29) is 5.92 Å². The number of piperidine rings is 2. The van der Waals surface area contributed by atoms with Crippen LogP contribution in [0.15, 0.2) is 24.3 Å². The molecule has 104 valence electrons. The van der Waals surface area contributed by atoms with E-state index in [0.717, 1.165) is 24.0 Å². The van der Waals surface area contributed by atoms with Gasteiger partial charge in [0.15, 0.2) is 5.78 Å². The monoisotopic (exact) mass is 267 g/mol. The van der Waals surface area contributed by atoms with Gasteiger partial charge in [0.05, 0.1) is 0 Å². The lowest BCUT2D eigenvalue weighted by Gasteiger charge is -2.46. The molecular formula is C18H21NO. The minimum Gasteiger partial charge on any atom is -0.300 e. The Morgan fingerprint density at radius 2 is 1.80 bits per heavy atom. The van der Waals surface area contributed by atoms with E-state index < -0.39 is 0 Å². The average Bonchev–Trinajstić information content (AvgIpc) is 2.46. The Morgan fingerprint density at radius 1 is 1.20 bits per heavy atom. The molecule has 2 aliphatic rings. The van der Waals surface area contributed by atoms with Crippen LogP contribution in [0.5, 0.6) is 0 Å². The lowest BCUT2D eigenvalue weighted by atomic mass is 9.76. The van der Waals surface area contributed by atoms with Gasteiger partial charge in [-0.2, -0.15) is 0 Å². The summed E-state index contributed by atoms with van der Waals surface area (Å²) in [5, 5.41) is 0. The van der Waals surface area contributed by atoms with Crippen LogP contribution in [-0.2, 0) is 0 Å². The summed E-state index contributed by atoms with van der Waals surface area (Å²) < 4.78 is 0. The zero-order valence-corrected chi connectivity index (χ0v) is 12.0. The first-order chi connectivity index (χ1) is 9.69. The van der Waals surface area contributed by atoms with Gasteiger partial charge in [0, 0.05) is 29.1 Å². The van der Waals surface area contributed by atoms with Crippen LogP contribution in [-0.4, -0.2) is 29.8 Å². The molecule has 2 unspecified atom stereocenters. The highest BCUT2D eigenvalue weighted by atomic mass is 16.1. The molecule has 0 saturated carbocycles. The third-order valence-corrected chi connectivity index (χ3v) is 5.05. The Balaban J connectivity index is 1.76. The van der Waals surface area contributed by atoms with Crippen molar-refractivity contribution in [1.82, 2.24) is 4.90 Å². The highest BCUT2D eigenvalue weighted by Gasteiger charge is 2.38. The average molecular weight is 267 g/mol. The van der Waals surface area contributed by atoms with Crippen LogP contribution in [0, 0.1) is 18.3 Å². The first-order valence-corrected chi connectivity index (χ1v) is 7.52. The Bertz CT molecular complexity index is 526. The number of fused-ring (bicyclic) bond motifs is 2. The van der Waals surface area contributed by atoms with Crippen molar-refractivity contribution in [3.8, 4) is 12.3 Å². The minimum absolute atomic E-state index is 0.193. The number of rotatable bonds is 2. The number of terminal acetylenes is 1. The van der Waals surface area contributed by atoms with E-state index in [1.807, 2.05) is 24.3 Å². The number of benzene rings is 1. The molecule has 0 aliphatic carbocycles. The van der Waals surface area contributed by atoms with Gasteiger partial charge in [0.1, 0.15) is 0 Å². The van der Waals surface area contributed by atoms with Crippen molar-refractivity contribution in [2.45, 2.75) is 44.2 Å². The molecule has 2 atom stereocenters. The van der Waals surface area contributed by atoms with Crippen LogP contribution >= 0.6 is 0 Å². The summed E-state index contributed by atoms with van der Waals surface area (Å²) in [6.45, 7) is 0. The first-order valence-electron chi connectivity index (χ1n) is 7.52. The van der Waals surface area contributed by atoms with Crippen LogP contribution < -0.4 is 0 Å². The molecule has 2 heterocycles. The van der Waals surface area contributed by atoms with Gasteiger partial charge in [-0.3, -0.25) is 4.79 Å². The lowest BCUT2D eigenvalue weighted by molar-refractivity contribution is 0.0338. The van der Waals surface area contributed by atoms with Crippen LogP contribution in [0.3, 0.4) is 0 Å². The normalized spacial score (nSPS) is 29.7. The zero-order valence-electron chi connectivity index (χ0n) is 12.0. The van der Waals surface area contributed by atoms with Gasteiger partial charge in [-0.1, -0.05) is 24.5 Å². The van der Waals surface area contributed by atoms with Crippen molar-refractivity contribution in [3.63, 3.8) is 0 Å². The summed E-state index contributed by atoms with van der Waals surface area (Å²) in [4.78, 5) is 15.2. The van der Waals surface area contributed by atoms with Crippen LogP contribution in [0.4, 0.5) is 0 Å². The smallest absolute Gasteiger partial charge is 0.166 e. The maximum absolute atomic E-state index is 12.7. The Kier molecular flexibility index (Phi) is 3.63.